The van der Waals surface area contributed by atoms with E-state index in [4.69, 9.17) is 9.47 Å². The van der Waals surface area contributed by atoms with Crippen molar-refractivity contribution in [3.05, 3.63) is 59.7 Å². The minimum atomic E-state index is -0.319. The summed E-state index contributed by atoms with van der Waals surface area (Å²) in [5, 5.41) is 5.66. The zero-order valence-electron chi connectivity index (χ0n) is 17.6. The lowest BCUT2D eigenvalue weighted by Gasteiger charge is -2.14. The molecule has 0 spiro atoms. The van der Waals surface area contributed by atoms with Crippen LogP contribution in [0.4, 0.5) is 5.69 Å². The molecule has 2 N–H and O–H groups in total. The van der Waals surface area contributed by atoms with Crippen LogP contribution >= 0.6 is 0 Å². The van der Waals surface area contributed by atoms with Crippen LogP contribution in [0.2, 0.25) is 0 Å². The summed E-state index contributed by atoms with van der Waals surface area (Å²) >= 11 is 0. The Morgan fingerprint density at radius 1 is 1.17 bits per heavy atom. The lowest BCUT2D eigenvalue weighted by Crippen LogP contribution is -2.32. The zero-order chi connectivity index (χ0) is 21.3. The normalized spacial score (nSPS) is 16.7. The average Bonchev–Trinajstić information content (AvgIpc) is 3.30. The first-order chi connectivity index (χ1) is 14.6. The predicted molar refractivity (Wildman–Crippen MR) is 117 cm³/mol. The van der Waals surface area contributed by atoms with E-state index in [1.54, 1.807) is 24.3 Å². The Kier molecular flexibility index (Phi) is 7.85. The maximum atomic E-state index is 12.5. The fraction of sp³-hybridized carbons (Fsp3) is 0.417. The number of carbonyl (C=O) groups is 2. The number of anilines is 1. The van der Waals surface area contributed by atoms with E-state index in [0.29, 0.717) is 29.5 Å². The molecule has 1 heterocycles. The van der Waals surface area contributed by atoms with E-state index in [1.165, 1.54) is 5.56 Å². The standard InChI is InChI=1S/C24H30N2O4/c1-3-17(2)18-10-12-19(13-11-18)30-16-23(27)26-22-9-5-4-8-21(22)24(28)25-15-20-7-6-14-29-20/h4-5,8-13,17,20H,3,6-7,14-16H2,1-2H3,(H,25,28)(H,26,27)/t17-,20-/m1/s1. The van der Waals surface area contributed by atoms with Gasteiger partial charge >= 0.3 is 0 Å². The number of ether oxygens (including phenoxy) is 2. The summed E-state index contributed by atoms with van der Waals surface area (Å²) in [6.07, 6.45) is 3.11. The summed E-state index contributed by atoms with van der Waals surface area (Å²) in [4.78, 5) is 24.9. The van der Waals surface area contributed by atoms with Crippen molar-refractivity contribution in [3.63, 3.8) is 0 Å². The van der Waals surface area contributed by atoms with Gasteiger partial charge in [0.25, 0.3) is 11.8 Å². The Bertz CT molecular complexity index is 845. The van der Waals surface area contributed by atoms with Gasteiger partial charge in [0.2, 0.25) is 0 Å². The van der Waals surface area contributed by atoms with Crippen molar-refractivity contribution in [3.8, 4) is 5.75 Å². The van der Waals surface area contributed by atoms with Gasteiger partial charge in [-0.05, 0) is 55.0 Å². The van der Waals surface area contributed by atoms with Gasteiger partial charge in [0.05, 0.1) is 17.4 Å². The monoisotopic (exact) mass is 410 g/mol. The molecule has 0 saturated carbocycles. The van der Waals surface area contributed by atoms with Gasteiger partial charge in [-0.15, -0.1) is 0 Å². The van der Waals surface area contributed by atoms with E-state index in [0.717, 1.165) is 25.9 Å². The van der Waals surface area contributed by atoms with E-state index >= 15 is 0 Å². The van der Waals surface area contributed by atoms with Gasteiger partial charge in [0, 0.05) is 13.2 Å². The van der Waals surface area contributed by atoms with Crippen LogP contribution in [-0.4, -0.2) is 37.7 Å². The summed E-state index contributed by atoms with van der Waals surface area (Å²) in [5.41, 5.74) is 2.13. The maximum absolute atomic E-state index is 12.5. The van der Waals surface area contributed by atoms with Crippen molar-refractivity contribution in [2.45, 2.75) is 45.1 Å². The summed E-state index contributed by atoms with van der Waals surface area (Å²) in [7, 11) is 0. The molecule has 2 amide bonds. The Balaban J connectivity index is 1.52. The third-order valence-corrected chi connectivity index (χ3v) is 5.39. The second-order valence-corrected chi connectivity index (χ2v) is 7.61. The minimum absolute atomic E-state index is 0.0656. The quantitative estimate of drug-likeness (QED) is 0.652. The van der Waals surface area contributed by atoms with Crippen molar-refractivity contribution >= 4 is 17.5 Å². The Hall–Kier alpha value is -2.86. The molecule has 1 aliphatic heterocycles. The number of hydrogen-bond acceptors (Lipinski definition) is 4. The molecular weight excluding hydrogens is 380 g/mol. The average molecular weight is 411 g/mol. The highest BCUT2D eigenvalue weighted by Crippen LogP contribution is 2.21. The van der Waals surface area contributed by atoms with Crippen molar-refractivity contribution in [2.75, 3.05) is 25.1 Å². The van der Waals surface area contributed by atoms with Gasteiger partial charge in [0.15, 0.2) is 6.61 Å². The van der Waals surface area contributed by atoms with E-state index < -0.39 is 0 Å². The minimum Gasteiger partial charge on any atom is -0.484 e. The second kappa shape index (κ2) is 10.8. The van der Waals surface area contributed by atoms with Crippen LogP contribution in [0.1, 0.15) is 54.9 Å². The van der Waals surface area contributed by atoms with Crippen molar-refractivity contribution in [1.82, 2.24) is 5.32 Å². The summed E-state index contributed by atoms with van der Waals surface area (Å²) in [6, 6.07) is 14.7. The number of hydrogen-bond donors (Lipinski definition) is 2. The van der Waals surface area contributed by atoms with Gasteiger partial charge < -0.3 is 20.1 Å². The molecule has 1 aliphatic rings. The number of amides is 2. The number of rotatable bonds is 9. The number of nitrogens with one attached hydrogen (secondary N) is 2. The topological polar surface area (TPSA) is 76.7 Å². The van der Waals surface area contributed by atoms with Crippen LogP contribution in [0, 0.1) is 0 Å². The lowest BCUT2D eigenvalue weighted by molar-refractivity contribution is -0.118. The van der Waals surface area contributed by atoms with Gasteiger partial charge in [-0.3, -0.25) is 9.59 Å². The highest BCUT2D eigenvalue weighted by atomic mass is 16.5. The Morgan fingerprint density at radius 2 is 1.93 bits per heavy atom. The molecule has 0 bridgehead atoms. The molecule has 1 fully saturated rings. The molecule has 0 radical (unpaired) electrons. The van der Waals surface area contributed by atoms with E-state index in [2.05, 4.69) is 24.5 Å². The SMILES string of the molecule is CC[C@@H](C)c1ccc(OCC(=O)Nc2ccccc2C(=O)NC[C@H]2CCCO2)cc1. The summed E-state index contributed by atoms with van der Waals surface area (Å²) in [5.74, 6) is 0.577. The van der Waals surface area contributed by atoms with Crippen LogP contribution in [-0.2, 0) is 9.53 Å². The fourth-order valence-electron chi connectivity index (χ4n) is 3.36. The number of benzene rings is 2. The molecular formula is C24H30N2O4. The fourth-order valence-corrected chi connectivity index (χ4v) is 3.36. The molecule has 0 aliphatic carbocycles. The van der Waals surface area contributed by atoms with Crippen LogP contribution in [0.25, 0.3) is 0 Å². The van der Waals surface area contributed by atoms with Crippen molar-refractivity contribution < 1.29 is 19.1 Å². The maximum Gasteiger partial charge on any atom is 0.262 e. The Morgan fingerprint density at radius 3 is 2.63 bits per heavy atom. The molecule has 30 heavy (non-hydrogen) atoms. The first kappa shape index (κ1) is 21.8. The molecule has 3 rings (SSSR count). The number of para-hydroxylation sites is 1. The van der Waals surface area contributed by atoms with E-state index in [9.17, 15) is 9.59 Å². The van der Waals surface area contributed by atoms with Gasteiger partial charge in [0.1, 0.15) is 5.75 Å². The third-order valence-electron chi connectivity index (χ3n) is 5.39. The molecule has 6 heteroatoms. The van der Waals surface area contributed by atoms with Crippen LogP contribution in [0.5, 0.6) is 5.75 Å². The van der Waals surface area contributed by atoms with Crippen LogP contribution < -0.4 is 15.4 Å². The van der Waals surface area contributed by atoms with Crippen molar-refractivity contribution in [2.24, 2.45) is 0 Å². The van der Waals surface area contributed by atoms with Gasteiger partial charge in [-0.2, -0.15) is 0 Å². The molecule has 6 nitrogen and oxygen atoms in total. The van der Waals surface area contributed by atoms with Crippen LogP contribution in [0.3, 0.4) is 0 Å². The molecule has 160 valence electrons. The van der Waals surface area contributed by atoms with E-state index in [1.807, 2.05) is 24.3 Å². The molecule has 0 unspecified atom stereocenters. The smallest absolute Gasteiger partial charge is 0.262 e. The first-order valence-corrected chi connectivity index (χ1v) is 10.6. The summed E-state index contributed by atoms with van der Waals surface area (Å²) < 4.78 is 11.1. The van der Waals surface area contributed by atoms with Crippen molar-refractivity contribution in [1.29, 1.82) is 0 Å². The molecule has 2 aromatic rings. The predicted octanol–water partition coefficient (Wildman–Crippen LogP) is 4.13. The number of carbonyl (C=O) groups excluding carboxylic acids is 2. The van der Waals surface area contributed by atoms with Crippen LogP contribution in [0.15, 0.2) is 48.5 Å². The highest BCUT2D eigenvalue weighted by Gasteiger charge is 2.18. The molecule has 1 saturated heterocycles. The molecule has 0 aromatic heterocycles. The highest BCUT2D eigenvalue weighted by molar-refractivity contribution is 6.04. The first-order valence-electron chi connectivity index (χ1n) is 10.6. The van der Waals surface area contributed by atoms with E-state index in [-0.39, 0.29) is 24.5 Å². The van der Waals surface area contributed by atoms with Gasteiger partial charge in [-0.25, -0.2) is 0 Å². The largest absolute Gasteiger partial charge is 0.484 e. The second-order valence-electron chi connectivity index (χ2n) is 7.61. The molecule has 2 aromatic carbocycles. The molecule has 2 atom stereocenters. The zero-order valence-corrected chi connectivity index (χ0v) is 17.6. The summed E-state index contributed by atoms with van der Waals surface area (Å²) in [6.45, 7) is 5.41. The lowest BCUT2D eigenvalue weighted by atomic mass is 9.99. The third kappa shape index (κ3) is 6.07. The Labute approximate surface area is 178 Å². The van der Waals surface area contributed by atoms with Gasteiger partial charge in [-0.1, -0.05) is 38.1 Å².